The Bertz CT molecular complexity index is 699. The maximum atomic E-state index is 12.6. The molecular weight excluding hydrogens is 276 g/mol. The first-order valence-corrected chi connectivity index (χ1v) is 7.70. The van der Waals surface area contributed by atoms with Crippen molar-refractivity contribution in [2.45, 2.75) is 6.42 Å². The van der Waals surface area contributed by atoms with Crippen LogP contribution in [0.4, 0.5) is 0 Å². The predicted molar refractivity (Wildman–Crippen MR) is 88.2 cm³/mol. The minimum absolute atomic E-state index is 0.0547. The van der Waals surface area contributed by atoms with Gasteiger partial charge in [0, 0.05) is 20.1 Å². The molecule has 0 bridgehead atoms. The van der Waals surface area contributed by atoms with Crippen molar-refractivity contribution >= 4 is 16.7 Å². The minimum atomic E-state index is -0.113. The summed E-state index contributed by atoms with van der Waals surface area (Å²) in [5.74, 6) is 0.457. The van der Waals surface area contributed by atoms with Gasteiger partial charge in [-0.15, -0.1) is 0 Å². The topological polar surface area (TPSA) is 43.8 Å². The molecule has 1 heterocycles. The van der Waals surface area contributed by atoms with E-state index < -0.39 is 0 Å². The van der Waals surface area contributed by atoms with Gasteiger partial charge in [0.1, 0.15) is 5.75 Å². The maximum Gasteiger partial charge on any atom is 0.257 e. The summed E-state index contributed by atoms with van der Waals surface area (Å²) in [6.07, 6.45) is 1.12. The number of hydrogen-bond acceptors (Lipinski definition) is 3. The number of aromatic hydroxyl groups is 1. The molecular formula is C18H22N2O2. The molecule has 2 aromatic carbocycles. The third-order valence-corrected chi connectivity index (χ3v) is 4.46. The van der Waals surface area contributed by atoms with Crippen LogP contribution in [0.3, 0.4) is 0 Å². The number of nitrogens with zero attached hydrogens (tertiary/aromatic N) is 2. The third kappa shape index (κ3) is 2.92. The van der Waals surface area contributed by atoms with Gasteiger partial charge < -0.3 is 14.9 Å². The highest BCUT2D eigenvalue weighted by Crippen LogP contribution is 2.26. The SMILES string of the molecule is CN1CCC(CN(C)C(=O)c2cc3ccccc3cc2O)C1. The fraction of sp³-hybridized carbons (Fsp3) is 0.389. The second-order valence-electron chi connectivity index (χ2n) is 6.32. The van der Waals surface area contributed by atoms with E-state index in [1.165, 1.54) is 0 Å². The fourth-order valence-corrected chi connectivity index (χ4v) is 3.25. The fourth-order valence-electron chi connectivity index (χ4n) is 3.25. The van der Waals surface area contributed by atoms with Gasteiger partial charge in [0.25, 0.3) is 5.91 Å². The summed E-state index contributed by atoms with van der Waals surface area (Å²) < 4.78 is 0. The zero-order chi connectivity index (χ0) is 15.7. The van der Waals surface area contributed by atoms with Crippen molar-refractivity contribution in [2.24, 2.45) is 5.92 Å². The highest BCUT2D eigenvalue weighted by Gasteiger charge is 2.24. The molecule has 1 aliphatic heterocycles. The smallest absolute Gasteiger partial charge is 0.257 e. The molecule has 1 N–H and O–H groups in total. The van der Waals surface area contributed by atoms with Crippen LogP contribution in [0.5, 0.6) is 5.75 Å². The van der Waals surface area contributed by atoms with E-state index in [4.69, 9.17) is 0 Å². The first kappa shape index (κ1) is 14.9. The van der Waals surface area contributed by atoms with Crippen molar-refractivity contribution in [3.8, 4) is 5.75 Å². The second-order valence-corrected chi connectivity index (χ2v) is 6.32. The number of hydrogen-bond donors (Lipinski definition) is 1. The number of fused-ring (bicyclic) bond motifs is 1. The lowest BCUT2D eigenvalue weighted by molar-refractivity contribution is 0.0771. The number of likely N-dealkylation sites (tertiary alicyclic amines) is 1. The Labute approximate surface area is 131 Å². The first-order chi connectivity index (χ1) is 10.5. The number of rotatable bonds is 3. The molecule has 3 rings (SSSR count). The molecule has 4 heteroatoms. The van der Waals surface area contributed by atoms with Crippen molar-refractivity contribution in [3.05, 3.63) is 42.0 Å². The van der Waals surface area contributed by atoms with Gasteiger partial charge in [-0.05, 0) is 48.8 Å². The monoisotopic (exact) mass is 298 g/mol. The van der Waals surface area contributed by atoms with Crippen LogP contribution in [-0.2, 0) is 0 Å². The molecule has 1 unspecified atom stereocenters. The molecule has 4 nitrogen and oxygen atoms in total. The summed E-state index contributed by atoms with van der Waals surface area (Å²) >= 11 is 0. The van der Waals surface area contributed by atoms with Gasteiger partial charge in [0.2, 0.25) is 0 Å². The average Bonchev–Trinajstić information content (AvgIpc) is 2.91. The van der Waals surface area contributed by atoms with Gasteiger partial charge in [0.15, 0.2) is 0 Å². The zero-order valence-electron chi connectivity index (χ0n) is 13.1. The molecule has 0 spiro atoms. The van der Waals surface area contributed by atoms with Crippen LogP contribution in [-0.4, -0.2) is 54.5 Å². The van der Waals surface area contributed by atoms with Gasteiger partial charge >= 0.3 is 0 Å². The zero-order valence-corrected chi connectivity index (χ0v) is 13.1. The van der Waals surface area contributed by atoms with Gasteiger partial charge in [-0.2, -0.15) is 0 Å². The van der Waals surface area contributed by atoms with E-state index in [9.17, 15) is 9.90 Å². The summed E-state index contributed by atoms with van der Waals surface area (Å²) in [5, 5.41) is 12.1. The summed E-state index contributed by atoms with van der Waals surface area (Å²) in [6, 6.07) is 11.2. The van der Waals surface area contributed by atoms with E-state index in [0.717, 1.165) is 36.8 Å². The number of benzene rings is 2. The molecule has 2 aromatic rings. The van der Waals surface area contributed by atoms with Crippen LogP contribution < -0.4 is 0 Å². The van der Waals surface area contributed by atoms with E-state index in [0.29, 0.717) is 11.5 Å². The number of phenols is 1. The molecule has 22 heavy (non-hydrogen) atoms. The largest absolute Gasteiger partial charge is 0.507 e. The summed E-state index contributed by atoms with van der Waals surface area (Å²) in [5.41, 5.74) is 0.382. The Morgan fingerprint density at radius 1 is 1.32 bits per heavy atom. The molecule has 0 aromatic heterocycles. The summed E-state index contributed by atoms with van der Waals surface area (Å²) in [7, 11) is 3.92. The molecule has 0 aliphatic carbocycles. The van der Waals surface area contributed by atoms with Gasteiger partial charge in [-0.25, -0.2) is 0 Å². The van der Waals surface area contributed by atoms with Crippen LogP contribution in [0.25, 0.3) is 10.8 Å². The molecule has 1 atom stereocenters. The lowest BCUT2D eigenvalue weighted by Gasteiger charge is -2.22. The number of phenolic OH excluding ortho intramolecular Hbond substituents is 1. The average molecular weight is 298 g/mol. The summed E-state index contributed by atoms with van der Waals surface area (Å²) in [4.78, 5) is 16.6. The minimum Gasteiger partial charge on any atom is -0.507 e. The Morgan fingerprint density at radius 3 is 2.64 bits per heavy atom. The van der Waals surface area contributed by atoms with E-state index in [1.807, 2.05) is 31.3 Å². The van der Waals surface area contributed by atoms with E-state index in [-0.39, 0.29) is 11.7 Å². The number of amides is 1. The highest BCUT2D eigenvalue weighted by atomic mass is 16.3. The highest BCUT2D eigenvalue weighted by molar-refractivity contribution is 6.01. The van der Waals surface area contributed by atoms with Crippen LogP contribution in [0.1, 0.15) is 16.8 Å². The van der Waals surface area contributed by atoms with Gasteiger partial charge in [0.05, 0.1) is 5.56 Å². The molecule has 116 valence electrons. The second kappa shape index (κ2) is 5.97. The number of carbonyl (C=O) groups excluding carboxylic acids is 1. The molecule has 1 fully saturated rings. The Balaban J connectivity index is 1.80. The van der Waals surface area contributed by atoms with E-state index >= 15 is 0 Å². The lowest BCUT2D eigenvalue weighted by Crippen LogP contribution is -2.32. The molecule has 1 aliphatic rings. The van der Waals surface area contributed by atoms with Crippen molar-refractivity contribution in [3.63, 3.8) is 0 Å². The first-order valence-electron chi connectivity index (χ1n) is 7.70. The van der Waals surface area contributed by atoms with Gasteiger partial charge in [-0.1, -0.05) is 24.3 Å². The molecule has 0 saturated carbocycles. The Kier molecular flexibility index (Phi) is 4.03. The summed E-state index contributed by atoms with van der Waals surface area (Å²) in [6.45, 7) is 2.85. The van der Waals surface area contributed by atoms with Crippen molar-refractivity contribution in [2.75, 3.05) is 33.7 Å². The van der Waals surface area contributed by atoms with E-state index in [1.54, 1.807) is 17.0 Å². The van der Waals surface area contributed by atoms with Crippen LogP contribution in [0, 0.1) is 5.92 Å². The quantitative estimate of drug-likeness (QED) is 0.947. The predicted octanol–water partition coefficient (Wildman–Crippen LogP) is 2.57. The van der Waals surface area contributed by atoms with E-state index in [2.05, 4.69) is 11.9 Å². The Hall–Kier alpha value is -2.07. The maximum absolute atomic E-state index is 12.6. The van der Waals surface area contributed by atoms with Crippen molar-refractivity contribution in [1.29, 1.82) is 0 Å². The van der Waals surface area contributed by atoms with Crippen LogP contribution >= 0.6 is 0 Å². The van der Waals surface area contributed by atoms with Crippen molar-refractivity contribution < 1.29 is 9.90 Å². The molecule has 0 radical (unpaired) electrons. The molecule has 1 amide bonds. The van der Waals surface area contributed by atoms with Gasteiger partial charge in [-0.3, -0.25) is 4.79 Å². The van der Waals surface area contributed by atoms with Crippen LogP contribution in [0.15, 0.2) is 36.4 Å². The Morgan fingerprint density at radius 2 is 2.00 bits per heavy atom. The normalized spacial score (nSPS) is 18.7. The number of carbonyl (C=O) groups is 1. The van der Waals surface area contributed by atoms with Crippen molar-refractivity contribution in [1.82, 2.24) is 9.80 Å². The lowest BCUT2D eigenvalue weighted by atomic mass is 10.0. The third-order valence-electron chi connectivity index (χ3n) is 4.46. The van der Waals surface area contributed by atoms with Crippen LogP contribution in [0.2, 0.25) is 0 Å². The standard InChI is InChI=1S/C18H22N2O2/c1-19-8-7-13(11-19)12-20(2)18(22)16-9-14-5-3-4-6-15(14)10-17(16)21/h3-6,9-10,13,21H,7-8,11-12H2,1-2H3. The molecule has 1 saturated heterocycles.